The Balaban J connectivity index is 2.56. The summed E-state index contributed by atoms with van der Waals surface area (Å²) in [5.74, 6) is 0. The molecule has 0 aliphatic carbocycles. The van der Waals surface area contributed by atoms with Crippen LogP contribution in [0.15, 0.2) is 0 Å². The van der Waals surface area contributed by atoms with E-state index in [1.165, 1.54) is 64.8 Å². The number of hydrogen-bond donors (Lipinski definition) is 1. The lowest BCUT2D eigenvalue weighted by Gasteiger charge is -2.33. The van der Waals surface area contributed by atoms with E-state index < -0.39 is 0 Å². The van der Waals surface area contributed by atoms with Crippen LogP contribution in [-0.4, -0.2) is 86.7 Å². The highest BCUT2D eigenvalue weighted by molar-refractivity contribution is 4.73. The molecule has 1 rings (SSSR count). The van der Waals surface area contributed by atoms with Gasteiger partial charge in [0.25, 0.3) is 0 Å². The molecule has 1 N–H and O–H groups in total. The van der Waals surface area contributed by atoms with Gasteiger partial charge in [-0.15, -0.1) is 0 Å². The average molecular weight is 327 g/mol. The summed E-state index contributed by atoms with van der Waals surface area (Å²) in [5, 5.41) is 3.66. The van der Waals surface area contributed by atoms with Crippen LogP contribution in [-0.2, 0) is 0 Å². The third-order valence-electron chi connectivity index (χ3n) is 5.30. The van der Waals surface area contributed by atoms with E-state index in [1.54, 1.807) is 0 Å². The summed E-state index contributed by atoms with van der Waals surface area (Å²) in [6, 6.07) is 1.31. The zero-order chi connectivity index (χ0) is 17.1. The van der Waals surface area contributed by atoms with Gasteiger partial charge in [-0.05, 0) is 66.8 Å². The van der Waals surface area contributed by atoms with Crippen molar-refractivity contribution >= 4 is 0 Å². The van der Waals surface area contributed by atoms with Crippen LogP contribution < -0.4 is 5.32 Å². The van der Waals surface area contributed by atoms with Gasteiger partial charge in [0.15, 0.2) is 0 Å². The molecule has 0 saturated carbocycles. The first kappa shape index (κ1) is 20.9. The molecule has 0 aromatic heterocycles. The molecular formula is C19H42N4. The van der Waals surface area contributed by atoms with Gasteiger partial charge in [0.2, 0.25) is 0 Å². The predicted octanol–water partition coefficient (Wildman–Crippen LogP) is 2.50. The lowest BCUT2D eigenvalue weighted by molar-refractivity contribution is 0.155. The van der Waals surface area contributed by atoms with Crippen LogP contribution in [0.4, 0.5) is 0 Å². The summed E-state index contributed by atoms with van der Waals surface area (Å²) in [6.45, 7) is 15.4. The van der Waals surface area contributed by atoms with E-state index in [9.17, 15) is 0 Å². The Morgan fingerprint density at radius 3 is 2.30 bits per heavy atom. The van der Waals surface area contributed by atoms with E-state index in [4.69, 9.17) is 0 Å². The van der Waals surface area contributed by atoms with Gasteiger partial charge < -0.3 is 15.1 Å². The number of likely N-dealkylation sites (N-methyl/N-ethyl adjacent to an activating group) is 2. The van der Waals surface area contributed by atoms with Gasteiger partial charge in [-0.1, -0.05) is 19.8 Å². The summed E-state index contributed by atoms with van der Waals surface area (Å²) >= 11 is 0. The normalized spacial score (nSPS) is 28.6. The maximum atomic E-state index is 3.66. The van der Waals surface area contributed by atoms with Gasteiger partial charge in [0.05, 0.1) is 0 Å². The van der Waals surface area contributed by atoms with E-state index in [2.05, 4.69) is 54.9 Å². The highest BCUT2D eigenvalue weighted by Gasteiger charge is 2.16. The zero-order valence-corrected chi connectivity index (χ0v) is 16.5. The van der Waals surface area contributed by atoms with Crippen molar-refractivity contribution in [2.24, 2.45) is 0 Å². The molecule has 1 heterocycles. The van der Waals surface area contributed by atoms with Crippen molar-refractivity contribution in [3.63, 3.8) is 0 Å². The second-order valence-electron chi connectivity index (χ2n) is 7.63. The summed E-state index contributed by atoms with van der Waals surface area (Å²) in [7, 11) is 4.54. The molecule has 4 nitrogen and oxygen atoms in total. The van der Waals surface area contributed by atoms with E-state index in [1.807, 2.05) is 0 Å². The molecule has 0 spiro atoms. The molecule has 0 radical (unpaired) electrons. The average Bonchev–Trinajstić information content (AvgIpc) is 2.53. The Morgan fingerprint density at radius 1 is 0.870 bits per heavy atom. The molecule has 0 aromatic rings. The van der Waals surface area contributed by atoms with Crippen LogP contribution in [0, 0.1) is 0 Å². The third kappa shape index (κ3) is 9.65. The van der Waals surface area contributed by atoms with Crippen molar-refractivity contribution in [3.05, 3.63) is 0 Å². The highest BCUT2D eigenvalue weighted by Crippen LogP contribution is 2.09. The summed E-state index contributed by atoms with van der Waals surface area (Å²) in [6.07, 6.45) is 6.55. The predicted molar refractivity (Wildman–Crippen MR) is 102 cm³/mol. The molecule has 4 heteroatoms. The zero-order valence-electron chi connectivity index (χ0n) is 16.5. The minimum Gasteiger partial charge on any atom is -0.313 e. The fraction of sp³-hybridized carbons (Fsp3) is 1.00. The van der Waals surface area contributed by atoms with Crippen molar-refractivity contribution in [2.75, 3.05) is 59.9 Å². The second kappa shape index (κ2) is 12.2. The minimum absolute atomic E-state index is 0.619. The van der Waals surface area contributed by atoms with Gasteiger partial charge in [0.1, 0.15) is 0 Å². The quantitative estimate of drug-likeness (QED) is 0.801. The summed E-state index contributed by atoms with van der Waals surface area (Å²) < 4.78 is 0. The lowest BCUT2D eigenvalue weighted by atomic mass is 10.1. The van der Waals surface area contributed by atoms with E-state index in [0.717, 1.165) is 13.1 Å². The number of unbranched alkanes of at least 4 members (excludes halogenated alkanes) is 2. The number of nitrogens with one attached hydrogen (secondary N) is 1. The van der Waals surface area contributed by atoms with E-state index >= 15 is 0 Å². The molecule has 1 aliphatic heterocycles. The lowest BCUT2D eigenvalue weighted by Crippen LogP contribution is -2.43. The van der Waals surface area contributed by atoms with Crippen molar-refractivity contribution in [1.82, 2.24) is 20.0 Å². The fourth-order valence-corrected chi connectivity index (χ4v) is 3.25. The summed E-state index contributed by atoms with van der Waals surface area (Å²) in [5.41, 5.74) is 0. The molecule has 23 heavy (non-hydrogen) atoms. The Kier molecular flexibility index (Phi) is 11.1. The molecule has 2 atom stereocenters. The smallest absolute Gasteiger partial charge is 0.0112 e. The molecule has 2 unspecified atom stereocenters. The fourth-order valence-electron chi connectivity index (χ4n) is 3.25. The Hall–Kier alpha value is -0.160. The molecule has 1 fully saturated rings. The minimum atomic E-state index is 0.619. The Labute approximate surface area is 145 Å². The molecular weight excluding hydrogens is 284 g/mol. The molecule has 1 aliphatic rings. The highest BCUT2D eigenvalue weighted by atomic mass is 15.2. The first-order chi connectivity index (χ1) is 11.0. The Morgan fingerprint density at radius 2 is 1.57 bits per heavy atom. The number of nitrogens with zero attached hydrogens (tertiary/aromatic N) is 3. The third-order valence-corrected chi connectivity index (χ3v) is 5.30. The van der Waals surface area contributed by atoms with Crippen molar-refractivity contribution in [3.8, 4) is 0 Å². The molecule has 0 bridgehead atoms. The summed E-state index contributed by atoms with van der Waals surface area (Å²) in [4.78, 5) is 7.72. The van der Waals surface area contributed by atoms with Crippen LogP contribution in [0.2, 0.25) is 0 Å². The first-order valence-corrected chi connectivity index (χ1v) is 9.87. The number of hydrogen-bond acceptors (Lipinski definition) is 4. The monoisotopic (exact) mass is 326 g/mol. The molecule has 0 amide bonds. The SMILES string of the molecule is CCCCCN1CCN(C)CCC(C)NCCN(C)CCC1C. The number of rotatable bonds is 4. The van der Waals surface area contributed by atoms with Crippen LogP contribution in [0.3, 0.4) is 0 Å². The van der Waals surface area contributed by atoms with E-state index in [0.29, 0.717) is 12.1 Å². The van der Waals surface area contributed by atoms with Gasteiger partial charge in [0, 0.05) is 38.3 Å². The molecule has 1 saturated heterocycles. The van der Waals surface area contributed by atoms with Crippen LogP contribution in [0.1, 0.15) is 52.9 Å². The van der Waals surface area contributed by atoms with E-state index in [-0.39, 0.29) is 0 Å². The topological polar surface area (TPSA) is 21.8 Å². The van der Waals surface area contributed by atoms with Crippen LogP contribution in [0.5, 0.6) is 0 Å². The van der Waals surface area contributed by atoms with Gasteiger partial charge in [-0.2, -0.15) is 0 Å². The maximum absolute atomic E-state index is 3.66. The van der Waals surface area contributed by atoms with Crippen molar-refractivity contribution in [2.45, 2.75) is 65.0 Å². The standard InChI is InChI=1S/C19H42N4/c1-6-7-8-12-23-17-16-22(5)13-9-18(2)20-11-15-21(4)14-10-19(23)3/h18-20H,6-17H2,1-5H3. The molecule has 138 valence electrons. The molecule has 0 aromatic carbocycles. The van der Waals surface area contributed by atoms with Crippen molar-refractivity contribution in [1.29, 1.82) is 0 Å². The van der Waals surface area contributed by atoms with Gasteiger partial charge >= 0.3 is 0 Å². The second-order valence-corrected chi connectivity index (χ2v) is 7.63. The first-order valence-electron chi connectivity index (χ1n) is 9.87. The largest absolute Gasteiger partial charge is 0.313 e. The van der Waals surface area contributed by atoms with Crippen LogP contribution >= 0.6 is 0 Å². The van der Waals surface area contributed by atoms with Gasteiger partial charge in [-0.3, -0.25) is 4.90 Å². The Bertz CT molecular complexity index is 285. The van der Waals surface area contributed by atoms with Gasteiger partial charge in [-0.25, -0.2) is 0 Å². The van der Waals surface area contributed by atoms with Crippen LogP contribution in [0.25, 0.3) is 0 Å². The maximum Gasteiger partial charge on any atom is 0.0112 e. The van der Waals surface area contributed by atoms with Crippen molar-refractivity contribution < 1.29 is 0 Å².